The van der Waals surface area contributed by atoms with Crippen molar-refractivity contribution in [1.29, 1.82) is 0 Å². The number of rotatable bonds is 4. The third-order valence-electron chi connectivity index (χ3n) is 3.78. The van der Waals surface area contributed by atoms with Gasteiger partial charge >= 0.3 is 0 Å². The largest absolute Gasteiger partial charge is 0.504 e. The highest BCUT2D eigenvalue weighted by Gasteiger charge is 2.45. The van der Waals surface area contributed by atoms with Crippen molar-refractivity contribution in [3.63, 3.8) is 0 Å². The minimum atomic E-state index is -0.0692. The monoisotopic (exact) mass is 260 g/mol. The minimum Gasteiger partial charge on any atom is -0.504 e. The average molecular weight is 260 g/mol. The Labute approximate surface area is 116 Å². The van der Waals surface area contributed by atoms with E-state index in [9.17, 15) is 10.2 Å². The molecule has 0 saturated carbocycles. The molecule has 0 spiro atoms. The summed E-state index contributed by atoms with van der Waals surface area (Å²) >= 11 is 0. The van der Waals surface area contributed by atoms with Crippen LogP contribution in [0.1, 0.15) is 34.1 Å². The lowest BCUT2D eigenvalue weighted by Gasteiger charge is -2.29. The molecular weight excluding hydrogens is 237 g/mol. The second-order valence-electron chi connectivity index (χ2n) is 7.06. The summed E-state index contributed by atoms with van der Waals surface area (Å²) in [5.74, 6) is 0.286. The molecule has 1 heterocycles. The van der Waals surface area contributed by atoms with Gasteiger partial charge in [-0.2, -0.15) is 0 Å². The number of benzene rings is 1. The van der Waals surface area contributed by atoms with Crippen molar-refractivity contribution in [1.82, 2.24) is 5.32 Å². The number of hydrogen-bond acceptors (Lipinski definition) is 3. The maximum Gasteiger partial charge on any atom is 0.157 e. The Morgan fingerprint density at radius 3 is 2.42 bits per heavy atom. The third-order valence-corrected chi connectivity index (χ3v) is 3.78. The van der Waals surface area contributed by atoms with Crippen molar-refractivity contribution in [3.05, 3.63) is 18.2 Å². The van der Waals surface area contributed by atoms with E-state index in [1.807, 2.05) is 6.07 Å². The first-order chi connectivity index (χ1) is 8.70. The molecule has 1 fully saturated rings. The van der Waals surface area contributed by atoms with E-state index in [1.54, 1.807) is 6.07 Å². The van der Waals surface area contributed by atoms with Crippen molar-refractivity contribution in [2.24, 2.45) is 5.41 Å². The van der Waals surface area contributed by atoms with Crippen LogP contribution in [-0.2, 0) is 0 Å². The summed E-state index contributed by atoms with van der Waals surface area (Å²) < 4.78 is 0. The van der Waals surface area contributed by atoms with Gasteiger partial charge in [-0.1, -0.05) is 38.7 Å². The van der Waals surface area contributed by atoms with Gasteiger partial charge in [-0.25, -0.2) is 0 Å². The molecule has 1 radical (unpaired) electrons. The normalized spacial score (nSPS) is 24.0. The highest BCUT2D eigenvalue weighted by atomic mass is 16.3. The van der Waals surface area contributed by atoms with Gasteiger partial charge < -0.3 is 15.5 Å². The number of aromatic hydroxyl groups is 2. The van der Waals surface area contributed by atoms with Crippen molar-refractivity contribution in [2.45, 2.75) is 45.5 Å². The molecule has 2 atom stereocenters. The van der Waals surface area contributed by atoms with E-state index in [-0.39, 0.29) is 22.5 Å². The van der Waals surface area contributed by atoms with Gasteiger partial charge in [0.25, 0.3) is 0 Å². The Hall–Kier alpha value is -1.16. The van der Waals surface area contributed by atoms with E-state index >= 15 is 0 Å². The zero-order valence-corrected chi connectivity index (χ0v) is 12.2. The maximum absolute atomic E-state index is 9.58. The summed E-state index contributed by atoms with van der Waals surface area (Å²) in [5, 5.41) is 22.4. The van der Waals surface area contributed by atoms with E-state index in [4.69, 9.17) is 0 Å². The fourth-order valence-electron chi connectivity index (χ4n) is 2.41. The van der Waals surface area contributed by atoms with Crippen LogP contribution in [0.5, 0.6) is 11.5 Å². The molecule has 1 saturated heterocycles. The molecular formula is C15H23BNO2. The molecule has 0 amide bonds. The Morgan fingerprint density at radius 1 is 1.32 bits per heavy atom. The molecule has 1 aromatic rings. The van der Waals surface area contributed by atoms with Crippen LogP contribution in [0.4, 0.5) is 0 Å². The van der Waals surface area contributed by atoms with E-state index in [0.717, 1.165) is 18.4 Å². The van der Waals surface area contributed by atoms with Gasteiger partial charge in [-0.15, -0.1) is 0 Å². The van der Waals surface area contributed by atoms with Crippen LogP contribution in [0.2, 0.25) is 5.82 Å². The zero-order chi connectivity index (χ0) is 14.3. The summed E-state index contributed by atoms with van der Waals surface area (Å²) in [5.41, 5.74) is 1.38. The Bertz CT molecular complexity index is 464. The van der Waals surface area contributed by atoms with Crippen molar-refractivity contribution >= 4 is 12.7 Å². The predicted molar refractivity (Wildman–Crippen MR) is 79.4 cm³/mol. The number of hydrogen-bond donors (Lipinski definition) is 3. The van der Waals surface area contributed by atoms with Crippen LogP contribution in [0.25, 0.3) is 0 Å². The number of phenols is 2. The summed E-state index contributed by atoms with van der Waals surface area (Å²) in [4.78, 5) is 0. The zero-order valence-electron chi connectivity index (χ0n) is 12.2. The summed E-state index contributed by atoms with van der Waals surface area (Å²) in [7, 11) is 2.20. The van der Waals surface area contributed by atoms with E-state index < -0.39 is 0 Å². The van der Waals surface area contributed by atoms with Gasteiger partial charge in [0.05, 0.1) is 0 Å². The van der Waals surface area contributed by atoms with Gasteiger partial charge in [0.2, 0.25) is 0 Å². The van der Waals surface area contributed by atoms with Crippen LogP contribution >= 0.6 is 0 Å². The first kappa shape index (κ1) is 14.3. The number of phenolic OH excluding ortho intramolecular Hbond substituents is 2. The second kappa shape index (κ2) is 4.75. The summed E-state index contributed by atoms with van der Waals surface area (Å²) in [6.07, 6.45) is 1.08. The molecule has 19 heavy (non-hydrogen) atoms. The van der Waals surface area contributed by atoms with Crippen molar-refractivity contribution < 1.29 is 10.2 Å². The smallest absolute Gasteiger partial charge is 0.157 e. The number of nitrogens with one attached hydrogen (secondary N) is 1. The predicted octanol–water partition coefficient (Wildman–Crippen LogP) is 2.01. The highest BCUT2D eigenvalue weighted by molar-refractivity contribution is 6.55. The highest BCUT2D eigenvalue weighted by Crippen LogP contribution is 2.39. The first-order valence-electron chi connectivity index (χ1n) is 6.81. The van der Waals surface area contributed by atoms with Crippen LogP contribution < -0.4 is 10.8 Å². The fraction of sp³-hybridized carbons (Fsp3) is 0.600. The van der Waals surface area contributed by atoms with Gasteiger partial charge in [0.15, 0.2) is 18.8 Å². The average Bonchev–Trinajstić information content (AvgIpc) is 3.00. The lowest BCUT2D eigenvalue weighted by Crippen LogP contribution is -2.33. The lowest BCUT2D eigenvalue weighted by atomic mass is 9.51. The molecule has 2 unspecified atom stereocenters. The van der Waals surface area contributed by atoms with Crippen LogP contribution in [0.3, 0.4) is 0 Å². The molecule has 0 aromatic heterocycles. The van der Waals surface area contributed by atoms with E-state index in [0.29, 0.717) is 5.82 Å². The molecule has 0 bridgehead atoms. The van der Waals surface area contributed by atoms with Gasteiger partial charge in [-0.3, -0.25) is 0 Å². The van der Waals surface area contributed by atoms with Crippen LogP contribution in [0, 0.1) is 5.41 Å². The molecule has 2 rings (SSSR count). The molecule has 3 nitrogen and oxygen atoms in total. The minimum absolute atomic E-state index is 0.0582. The Kier molecular flexibility index (Phi) is 3.56. The third kappa shape index (κ3) is 3.66. The molecule has 103 valence electrons. The molecule has 3 N–H and O–H groups in total. The topological polar surface area (TPSA) is 62.4 Å². The molecule has 4 heteroatoms. The Morgan fingerprint density at radius 2 is 1.95 bits per heavy atom. The van der Waals surface area contributed by atoms with Gasteiger partial charge in [0.1, 0.15) is 0 Å². The van der Waals surface area contributed by atoms with Crippen molar-refractivity contribution in [2.75, 3.05) is 6.54 Å². The molecule has 0 aliphatic carbocycles. The van der Waals surface area contributed by atoms with Crippen LogP contribution in [-0.4, -0.2) is 29.6 Å². The Balaban J connectivity index is 2.14. The summed E-state index contributed by atoms with van der Waals surface area (Å²) in [6.45, 7) is 10.0. The maximum atomic E-state index is 9.58. The quantitative estimate of drug-likeness (QED) is 0.441. The van der Waals surface area contributed by atoms with Crippen LogP contribution in [0.15, 0.2) is 18.2 Å². The molecule has 1 aromatic carbocycles. The summed E-state index contributed by atoms with van der Waals surface area (Å²) in [6, 6.07) is 5.01. The molecule has 1 aliphatic heterocycles. The first-order valence-corrected chi connectivity index (χ1v) is 6.81. The second-order valence-corrected chi connectivity index (χ2v) is 7.06. The SMILES string of the molecule is CC(C)(C)CC([B]c1ccc(O)c(O)c1)C1(C)CN1. The van der Waals surface area contributed by atoms with Gasteiger partial charge in [0, 0.05) is 12.1 Å². The standard InChI is InChI=1S/C15H23BNO2/c1-14(2,3)8-13(15(4)9-17-15)16-10-5-6-11(18)12(19)7-10/h5-7,13,17-19H,8-9H2,1-4H3. The van der Waals surface area contributed by atoms with Crippen molar-refractivity contribution in [3.8, 4) is 11.5 Å². The fourth-order valence-corrected chi connectivity index (χ4v) is 2.41. The van der Waals surface area contributed by atoms with E-state index in [2.05, 4.69) is 40.3 Å². The molecule has 1 aliphatic rings. The van der Waals surface area contributed by atoms with E-state index in [1.165, 1.54) is 6.07 Å². The lowest BCUT2D eigenvalue weighted by molar-refractivity contribution is 0.345. The van der Waals surface area contributed by atoms with Gasteiger partial charge in [-0.05, 0) is 30.3 Å².